The Balaban J connectivity index is 1.81. The fourth-order valence-corrected chi connectivity index (χ4v) is 3.82. The summed E-state index contributed by atoms with van der Waals surface area (Å²) in [5.74, 6) is -1.03. The van der Waals surface area contributed by atoms with Gasteiger partial charge in [0.05, 0.1) is 24.8 Å². The van der Waals surface area contributed by atoms with Gasteiger partial charge in [-0.25, -0.2) is 14.8 Å². The molecule has 0 bridgehead atoms. The SMILES string of the molecule is CCOC(=O)COc1ccc(CN(CCOC)c2nccc(C3=CC=CC(C(F)(F)F)C=C3)n2)cc1CC. The molecule has 1 atom stereocenters. The molecule has 1 heterocycles. The molecule has 3 rings (SSSR count). The molecular weight excluding hydrogens is 499 g/mol. The zero-order chi connectivity index (χ0) is 27.5. The van der Waals surface area contributed by atoms with Crippen LogP contribution in [0.25, 0.3) is 5.57 Å². The normalized spacial score (nSPS) is 15.1. The van der Waals surface area contributed by atoms with Gasteiger partial charge in [-0.05, 0) is 36.6 Å². The molecule has 0 radical (unpaired) electrons. The number of allylic oxidation sites excluding steroid dienone is 6. The number of ether oxygens (including phenoxy) is 3. The minimum absolute atomic E-state index is 0.163. The second kappa shape index (κ2) is 13.8. The molecule has 0 aliphatic heterocycles. The van der Waals surface area contributed by atoms with E-state index in [1.807, 2.05) is 30.0 Å². The van der Waals surface area contributed by atoms with Crippen molar-refractivity contribution in [2.24, 2.45) is 5.92 Å². The van der Waals surface area contributed by atoms with Gasteiger partial charge in [-0.3, -0.25) is 0 Å². The maximum absolute atomic E-state index is 13.1. The molecule has 10 heteroatoms. The molecule has 0 fully saturated rings. The summed E-state index contributed by atoms with van der Waals surface area (Å²) in [6, 6.07) is 7.40. The number of rotatable bonds is 12. The maximum atomic E-state index is 13.1. The molecule has 1 unspecified atom stereocenters. The van der Waals surface area contributed by atoms with Gasteiger partial charge in [0.15, 0.2) is 6.61 Å². The van der Waals surface area contributed by atoms with Gasteiger partial charge >= 0.3 is 12.1 Å². The van der Waals surface area contributed by atoms with Crippen molar-refractivity contribution in [2.75, 3.05) is 38.4 Å². The van der Waals surface area contributed by atoms with Gasteiger partial charge in [-0.15, -0.1) is 0 Å². The Labute approximate surface area is 220 Å². The molecule has 0 spiro atoms. The average Bonchev–Trinajstić information content (AvgIpc) is 3.17. The Morgan fingerprint density at radius 3 is 2.68 bits per heavy atom. The van der Waals surface area contributed by atoms with E-state index in [0.717, 1.165) is 23.3 Å². The van der Waals surface area contributed by atoms with E-state index in [2.05, 4.69) is 9.97 Å². The highest BCUT2D eigenvalue weighted by molar-refractivity contribution is 5.74. The number of esters is 1. The lowest BCUT2D eigenvalue weighted by Gasteiger charge is -2.23. The second-order valence-corrected chi connectivity index (χ2v) is 8.48. The number of benzene rings is 1. The van der Waals surface area contributed by atoms with E-state index in [-0.39, 0.29) is 6.61 Å². The van der Waals surface area contributed by atoms with Crippen molar-refractivity contribution in [1.82, 2.24) is 9.97 Å². The van der Waals surface area contributed by atoms with Crippen LogP contribution in [0, 0.1) is 5.92 Å². The zero-order valence-corrected chi connectivity index (χ0v) is 21.7. The lowest BCUT2D eigenvalue weighted by Crippen LogP contribution is -2.28. The number of hydrogen-bond acceptors (Lipinski definition) is 7. The van der Waals surface area contributed by atoms with Crippen molar-refractivity contribution < 1.29 is 32.2 Å². The Kier molecular flexibility index (Phi) is 10.5. The third-order valence-corrected chi connectivity index (χ3v) is 5.77. The molecule has 0 N–H and O–H groups in total. The first-order chi connectivity index (χ1) is 18.2. The van der Waals surface area contributed by atoms with Crippen molar-refractivity contribution in [3.63, 3.8) is 0 Å². The molecule has 7 nitrogen and oxygen atoms in total. The largest absolute Gasteiger partial charge is 0.482 e. The van der Waals surface area contributed by atoms with E-state index in [9.17, 15) is 18.0 Å². The van der Waals surface area contributed by atoms with Gasteiger partial charge in [0.1, 0.15) is 5.75 Å². The van der Waals surface area contributed by atoms with Crippen LogP contribution in [-0.4, -0.2) is 55.6 Å². The van der Waals surface area contributed by atoms with Gasteiger partial charge in [-0.1, -0.05) is 49.4 Å². The van der Waals surface area contributed by atoms with Gasteiger partial charge in [-0.2, -0.15) is 13.2 Å². The fraction of sp³-hybridized carbons (Fsp3) is 0.393. The van der Waals surface area contributed by atoms with E-state index < -0.39 is 18.1 Å². The fourth-order valence-electron chi connectivity index (χ4n) is 3.82. The third kappa shape index (κ3) is 8.17. The van der Waals surface area contributed by atoms with Crippen LogP contribution < -0.4 is 9.64 Å². The molecular formula is C28H32F3N3O4. The van der Waals surface area contributed by atoms with Crippen LogP contribution >= 0.6 is 0 Å². The molecule has 0 saturated carbocycles. The predicted octanol–water partition coefficient (Wildman–Crippen LogP) is 5.32. The van der Waals surface area contributed by atoms with Crippen LogP contribution in [0.2, 0.25) is 0 Å². The predicted molar refractivity (Wildman–Crippen MR) is 139 cm³/mol. The third-order valence-electron chi connectivity index (χ3n) is 5.77. The number of nitrogens with zero attached hydrogens (tertiary/aromatic N) is 3. The van der Waals surface area contributed by atoms with Crippen LogP contribution in [0.4, 0.5) is 19.1 Å². The van der Waals surface area contributed by atoms with Crippen LogP contribution in [0.1, 0.15) is 30.7 Å². The van der Waals surface area contributed by atoms with Gasteiger partial charge in [0.2, 0.25) is 5.95 Å². The molecule has 204 valence electrons. The van der Waals surface area contributed by atoms with Gasteiger partial charge in [0.25, 0.3) is 0 Å². The van der Waals surface area contributed by atoms with E-state index in [1.165, 1.54) is 12.2 Å². The number of halogens is 3. The van der Waals surface area contributed by atoms with E-state index in [4.69, 9.17) is 14.2 Å². The highest BCUT2D eigenvalue weighted by Gasteiger charge is 2.36. The molecule has 1 aromatic carbocycles. The summed E-state index contributed by atoms with van der Waals surface area (Å²) in [6.45, 7) is 5.25. The summed E-state index contributed by atoms with van der Waals surface area (Å²) >= 11 is 0. The molecule has 1 aliphatic rings. The zero-order valence-electron chi connectivity index (χ0n) is 21.7. The number of carbonyl (C=O) groups excluding carboxylic acids is 1. The maximum Gasteiger partial charge on any atom is 0.398 e. The highest BCUT2D eigenvalue weighted by Crippen LogP contribution is 2.31. The van der Waals surface area contributed by atoms with Crippen molar-refractivity contribution in [1.29, 1.82) is 0 Å². The number of methoxy groups -OCH3 is 1. The van der Waals surface area contributed by atoms with E-state index >= 15 is 0 Å². The number of aromatic nitrogens is 2. The number of carbonyl (C=O) groups is 1. The Bertz CT molecular complexity index is 1180. The quantitative estimate of drug-likeness (QED) is 0.343. The number of anilines is 1. The van der Waals surface area contributed by atoms with Gasteiger partial charge < -0.3 is 19.1 Å². The number of hydrogen-bond donors (Lipinski definition) is 0. The molecule has 38 heavy (non-hydrogen) atoms. The van der Waals surface area contributed by atoms with Crippen LogP contribution in [0.3, 0.4) is 0 Å². The Hall–Kier alpha value is -3.66. The summed E-state index contributed by atoms with van der Waals surface area (Å²) in [5.41, 5.74) is 2.98. The first-order valence-electron chi connectivity index (χ1n) is 12.4. The van der Waals surface area contributed by atoms with Crippen LogP contribution in [-0.2, 0) is 27.2 Å². The average molecular weight is 532 g/mol. The summed E-state index contributed by atoms with van der Waals surface area (Å²) < 4.78 is 55.3. The number of aryl methyl sites for hydroxylation is 1. The summed E-state index contributed by atoms with van der Waals surface area (Å²) in [7, 11) is 1.60. The monoisotopic (exact) mass is 531 g/mol. The van der Waals surface area contributed by atoms with Crippen molar-refractivity contribution >= 4 is 17.5 Å². The molecule has 0 saturated heterocycles. The Morgan fingerprint density at radius 2 is 1.97 bits per heavy atom. The topological polar surface area (TPSA) is 73.8 Å². The Morgan fingerprint density at radius 1 is 1.16 bits per heavy atom. The van der Waals surface area contributed by atoms with E-state index in [1.54, 1.807) is 32.4 Å². The summed E-state index contributed by atoms with van der Waals surface area (Å²) in [6.07, 6.45) is 4.62. The first-order valence-corrected chi connectivity index (χ1v) is 12.4. The van der Waals surface area contributed by atoms with Crippen molar-refractivity contribution in [3.05, 3.63) is 77.7 Å². The minimum atomic E-state index is -4.35. The van der Waals surface area contributed by atoms with Crippen LogP contribution in [0.5, 0.6) is 5.75 Å². The first kappa shape index (κ1) is 28.9. The standard InChI is InChI=1S/C28H32F3N3O4/c1-4-21-17-20(9-12-25(21)38-19-26(35)37-5-2)18-34(15-16-36-3)27-32-14-13-24(33-27)22-7-6-8-23(11-10-22)28(29,30)31/h6-14,17,23H,4-5,15-16,18-19H2,1-3H3. The van der Waals surface area contributed by atoms with Crippen molar-refractivity contribution in [3.8, 4) is 5.75 Å². The smallest absolute Gasteiger partial charge is 0.398 e. The summed E-state index contributed by atoms with van der Waals surface area (Å²) in [4.78, 5) is 22.7. The number of alkyl halides is 3. The summed E-state index contributed by atoms with van der Waals surface area (Å²) in [5, 5.41) is 0. The lowest BCUT2D eigenvalue weighted by molar-refractivity contribution is -0.149. The van der Waals surface area contributed by atoms with Crippen molar-refractivity contribution in [2.45, 2.75) is 33.0 Å². The van der Waals surface area contributed by atoms with E-state index in [0.29, 0.717) is 55.7 Å². The van der Waals surface area contributed by atoms with Crippen LogP contribution in [0.15, 0.2) is 60.8 Å². The lowest BCUT2D eigenvalue weighted by atomic mass is 10.1. The molecule has 1 aliphatic carbocycles. The van der Waals surface area contributed by atoms with Gasteiger partial charge in [0, 0.05) is 32.0 Å². The molecule has 2 aromatic rings. The highest BCUT2D eigenvalue weighted by atomic mass is 19.4. The minimum Gasteiger partial charge on any atom is -0.482 e. The molecule has 1 aromatic heterocycles. The molecule has 0 amide bonds. The second-order valence-electron chi connectivity index (χ2n) is 8.48.